The summed E-state index contributed by atoms with van der Waals surface area (Å²) in [6.45, 7) is 0.759. The van der Waals surface area contributed by atoms with Crippen molar-refractivity contribution in [2.75, 3.05) is 6.54 Å². The van der Waals surface area contributed by atoms with Gasteiger partial charge in [0.1, 0.15) is 11.5 Å². The summed E-state index contributed by atoms with van der Waals surface area (Å²) >= 11 is 1.65. The van der Waals surface area contributed by atoms with Crippen LogP contribution < -0.4 is 5.32 Å². The first-order valence-corrected chi connectivity index (χ1v) is 8.92. The van der Waals surface area contributed by atoms with Gasteiger partial charge in [0.05, 0.1) is 6.54 Å². The SMILES string of the molecule is O=C(NCCc1cccs1)C1=NN(Cc2ccc(F)cc2)C(=O)CC1. The largest absolute Gasteiger partial charge is 0.351 e. The van der Waals surface area contributed by atoms with Crippen LogP contribution in [-0.4, -0.2) is 29.1 Å². The molecule has 1 aromatic heterocycles. The Bertz CT molecular complexity index is 772. The van der Waals surface area contributed by atoms with Crippen LogP contribution in [0, 0.1) is 5.82 Å². The van der Waals surface area contributed by atoms with Crippen LogP contribution >= 0.6 is 11.3 Å². The Morgan fingerprint density at radius 2 is 2.04 bits per heavy atom. The molecule has 5 nitrogen and oxygen atoms in total. The van der Waals surface area contributed by atoms with E-state index in [1.807, 2.05) is 17.5 Å². The number of carbonyl (C=O) groups excluding carboxylic acids is 2. The van der Waals surface area contributed by atoms with E-state index >= 15 is 0 Å². The summed E-state index contributed by atoms with van der Waals surface area (Å²) < 4.78 is 13.0. The Balaban J connectivity index is 1.59. The van der Waals surface area contributed by atoms with Crippen molar-refractivity contribution in [3.8, 4) is 0 Å². The standard InChI is InChI=1S/C18H18FN3O2S/c19-14-5-3-13(4-6-14)12-22-17(23)8-7-16(21-22)18(24)20-10-9-15-2-1-11-25-15/h1-6,11H,7-10,12H2,(H,20,24). The maximum Gasteiger partial charge on any atom is 0.267 e. The Labute approximate surface area is 149 Å². The number of benzene rings is 1. The smallest absolute Gasteiger partial charge is 0.267 e. The second-order valence-electron chi connectivity index (χ2n) is 5.71. The quantitative estimate of drug-likeness (QED) is 0.862. The Morgan fingerprint density at radius 3 is 2.76 bits per heavy atom. The zero-order valence-electron chi connectivity index (χ0n) is 13.6. The minimum absolute atomic E-state index is 0.139. The van der Waals surface area contributed by atoms with Gasteiger partial charge in [0.15, 0.2) is 0 Å². The molecule has 130 valence electrons. The summed E-state index contributed by atoms with van der Waals surface area (Å²) in [5, 5.41) is 10.3. The zero-order chi connectivity index (χ0) is 17.6. The minimum Gasteiger partial charge on any atom is -0.351 e. The van der Waals surface area contributed by atoms with Crippen LogP contribution in [0.4, 0.5) is 4.39 Å². The summed E-state index contributed by atoms with van der Waals surface area (Å²) in [6.07, 6.45) is 1.36. The fourth-order valence-corrected chi connectivity index (χ4v) is 3.22. The highest BCUT2D eigenvalue weighted by molar-refractivity contribution is 7.09. The van der Waals surface area contributed by atoms with Crippen LogP contribution in [0.5, 0.6) is 0 Å². The Kier molecular flexibility index (Phi) is 5.55. The van der Waals surface area contributed by atoms with Gasteiger partial charge in [-0.2, -0.15) is 5.10 Å². The average molecular weight is 359 g/mol. The lowest BCUT2D eigenvalue weighted by Crippen LogP contribution is -2.39. The van der Waals surface area contributed by atoms with Crippen molar-refractivity contribution in [2.24, 2.45) is 5.10 Å². The molecule has 0 radical (unpaired) electrons. The highest BCUT2D eigenvalue weighted by Crippen LogP contribution is 2.14. The second kappa shape index (κ2) is 8.02. The van der Waals surface area contributed by atoms with Crippen molar-refractivity contribution < 1.29 is 14.0 Å². The first-order chi connectivity index (χ1) is 12.1. The topological polar surface area (TPSA) is 61.8 Å². The molecule has 7 heteroatoms. The molecule has 25 heavy (non-hydrogen) atoms. The van der Waals surface area contributed by atoms with Crippen LogP contribution in [0.25, 0.3) is 0 Å². The van der Waals surface area contributed by atoms with Gasteiger partial charge in [-0.15, -0.1) is 11.3 Å². The Morgan fingerprint density at radius 1 is 1.24 bits per heavy atom. The maximum atomic E-state index is 13.0. The highest BCUT2D eigenvalue weighted by Gasteiger charge is 2.24. The number of nitrogens with one attached hydrogen (secondary N) is 1. The number of nitrogens with zero attached hydrogens (tertiary/aromatic N) is 2. The minimum atomic E-state index is -0.331. The summed E-state index contributed by atoms with van der Waals surface area (Å²) in [4.78, 5) is 25.5. The molecule has 0 fully saturated rings. The molecule has 2 heterocycles. The van der Waals surface area contributed by atoms with Crippen LogP contribution in [0.1, 0.15) is 23.3 Å². The molecule has 0 bridgehead atoms. The molecule has 2 amide bonds. The number of carbonyl (C=O) groups is 2. The summed E-state index contributed by atoms with van der Waals surface area (Å²) in [5.74, 6) is -0.712. The van der Waals surface area contributed by atoms with Crippen molar-refractivity contribution in [3.05, 3.63) is 58.0 Å². The van der Waals surface area contributed by atoms with E-state index in [-0.39, 0.29) is 30.6 Å². The van der Waals surface area contributed by atoms with Gasteiger partial charge in [0.25, 0.3) is 5.91 Å². The summed E-state index contributed by atoms with van der Waals surface area (Å²) in [6, 6.07) is 9.89. The number of amides is 2. The van der Waals surface area contributed by atoms with Crippen LogP contribution in [-0.2, 0) is 22.6 Å². The van der Waals surface area contributed by atoms with Crippen LogP contribution in [0.3, 0.4) is 0 Å². The van der Waals surface area contributed by atoms with E-state index in [9.17, 15) is 14.0 Å². The van der Waals surface area contributed by atoms with E-state index in [2.05, 4.69) is 10.4 Å². The summed E-state index contributed by atoms with van der Waals surface area (Å²) in [5.41, 5.74) is 1.12. The molecule has 1 aliphatic heterocycles. The van der Waals surface area contributed by atoms with Gasteiger partial charge in [-0.25, -0.2) is 9.40 Å². The van der Waals surface area contributed by atoms with Crippen LogP contribution in [0.15, 0.2) is 46.9 Å². The van der Waals surface area contributed by atoms with E-state index < -0.39 is 0 Å². The molecule has 1 aromatic carbocycles. The Hall–Kier alpha value is -2.54. The van der Waals surface area contributed by atoms with Gasteiger partial charge >= 0.3 is 0 Å². The first kappa shape index (κ1) is 17.3. The third kappa shape index (κ3) is 4.73. The van der Waals surface area contributed by atoms with Gasteiger partial charge in [-0.05, 0) is 35.6 Å². The molecule has 0 unspecified atom stereocenters. The molecule has 0 atom stereocenters. The molecule has 1 N–H and O–H groups in total. The number of rotatable bonds is 6. The summed E-state index contributed by atoms with van der Waals surface area (Å²) in [7, 11) is 0. The second-order valence-corrected chi connectivity index (χ2v) is 6.74. The zero-order valence-corrected chi connectivity index (χ0v) is 14.4. The van der Waals surface area contributed by atoms with E-state index in [4.69, 9.17) is 0 Å². The van der Waals surface area contributed by atoms with Gasteiger partial charge in [0, 0.05) is 24.3 Å². The lowest BCUT2D eigenvalue weighted by Gasteiger charge is -2.23. The molecule has 2 aromatic rings. The van der Waals surface area contributed by atoms with E-state index in [1.165, 1.54) is 22.0 Å². The lowest BCUT2D eigenvalue weighted by atomic mass is 10.1. The fraction of sp³-hybridized carbons (Fsp3) is 0.278. The van der Waals surface area contributed by atoms with Gasteiger partial charge in [-0.3, -0.25) is 9.59 Å². The molecular weight excluding hydrogens is 341 g/mol. The molecule has 0 aliphatic carbocycles. The maximum absolute atomic E-state index is 13.0. The predicted octanol–water partition coefficient (Wildman–Crippen LogP) is 2.72. The van der Waals surface area contributed by atoms with Crippen molar-refractivity contribution >= 4 is 28.9 Å². The van der Waals surface area contributed by atoms with E-state index in [1.54, 1.807) is 23.5 Å². The van der Waals surface area contributed by atoms with Gasteiger partial charge < -0.3 is 5.32 Å². The normalized spacial score (nSPS) is 14.4. The molecule has 3 rings (SSSR count). The number of hydrazone groups is 1. The van der Waals surface area contributed by atoms with Gasteiger partial charge in [-0.1, -0.05) is 18.2 Å². The fourth-order valence-electron chi connectivity index (χ4n) is 2.51. The van der Waals surface area contributed by atoms with E-state index in [0.29, 0.717) is 18.7 Å². The third-order valence-electron chi connectivity index (χ3n) is 3.85. The average Bonchev–Trinajstić information content (AvgIpc) is 3.12. The number of halogens is 1. The predicted molar refractivity (Wildman–Crippen MR) is 94.7 cm³/mol. The van der Waals surface area contributed by atoms with Crippen molar-refractivity contribution in [1.29, 1.82) is 0 Å². The van der Waals surface area contributed by atoms with Crippen LogP contribution in [0.2, 0.25) is 0 Å². The van der Waals surface area contributed by atoms with E-state index in [0.717, 1.165) is 12.0 Å². The van der Waals surface area contributed by atoms with Crippen molar-refractivity contribution in [3.63, 3.8) is 0 Å². The molecule has 1 aliphatic rings. The molecule has 0 spiro atoms. The molecular formula is C18H18FN3O2S. The third-order valence-corrected chi connectivity index (χ3v) is 4.79. The number of hydrogen-bond donors (Lipinski definition) is 1. The first-order valence-electron chi connectivity index (χ1n) is 8.04. The number of hydrogen-bond acceptors (Lipinski definition) is 4. The number of thiophene rings is 1. The molecule has 0 saturated heterocycles. The monoisotopic (exact) mass is 359 g/mol. The lowest BCUT2D eigenvalue weighted by molar-refractivity contribution is -0.132. The highest BCUT2D eigenvalue weighted by atomic mass is 32.1. The van der Waals surface area contributed by atoms with Crippen molar-refractivity contribution in [1.82, 2.24) is 10.3 Å². The van der Waals surface area contributed by atoms with Gasteiger partial charge in [0.2, 0.25) is 5.91 Å². The van der Waals surface area contributed by atoms with Crippen molar-refractivity contribution in [2.45, 2.75) is 25.8 Å². The molecule has 0 saturated carbocycles.